The van der Waals surface area contributed by atoms with Gasteiger partial charge in [-0.1, -0.05) is 17.7 Å². The van der Waals surface area contributed by atoms with Gasteiger partial charge in [0.05, 0.1) is 24.7 Å². The number of amides is 1. The normalized spacial score (nSPS) is 18.0. The summed E-state index contributed by atoms with van der Waals surface area (Å²) in [6.07, 6.45) is 2.56. The second-order valence-electron chi connectivity index (χ2n) is 7.93. The highest BCUT2D eigenvalue weighted by Crippen LogP contribution is 2.48. The van der Waals surface area contributed by atoms with Crippen LogP contribution in [-0.2, 0) is 34.7 Å². The summed E-state index contributed by atoms with van der Waals surface area (Å²) in [5, 5.41) is 9.71. The minimum absolute atomic E-state index is 0.0233. The van der Waals surface area contributed by atoms with E-state index in [-0.39, 0.29) is 18.8 Å². The third kappa shape index (κ3) is 4.54. The number of primary amides is 1. The quantitative estimate of drug-likeness (QED) is 0.651. The van der Waals surface area contributed by atoms with E-state index in [0.29, 0.717) is 22.4 Å². The van der Waals surface area contributed by atoms with Crippen LogP contribution >= 0.6 is 22.9 Å². The second kappa shape index (κ2) is 9.34. The Morgan fingerprint density at radius 1 is 1.35 bits per heavy atom. The molecule has 3 heterocycles. The van der Waals surface area contributed by atoms with Gasteiger partial charge in [0.1, 0.15) is 5.60 Å². The van der Waals surface area contributed by atoms with Crippen molar-refractivity contribution >= 4 is 28.8 Å². The van der Waals surface area contributed by atoms with Crippen LogP contribution in [-0.4, -0.2) is 49.3 Å². The zero-order valence-corrected chi connectivity index (χ0v) is 19.1. The largest absolute Gasteiger partial charge is 0.493 e. The van der Waals surface area contributed by atoms with Crippen molar-refractivity contribution in [1.29, 1.82) is 0 Å². The van der Waals surface area contributed by atoms with E-state index in [1.54, 1.807) is 18.4 Å². The Labute approximate surface area is 190 Å². The molecule has 2 aliphatic heterocycles. The first-order valence-corrected chi connectivity index (χ1v) is 11.5. The van der Waals surface area contributed by atoms with Crippen molar-refractivity contribution in [2.75, 3.05) is 33.4 Å². The molecule has 2 aromatic rings. The maximum absolute atomic E-state index is 11.1. The fraction of sp³-hybridized carbons (Fsp3) is 0.500. The van der Waals surface area contributed by atoms with Crippen molar-refractivity contribution in [3.8, 4) is 11.5 Å². The molecule has 0 bridgehead atoms. The molecular weight excluding hydrogens is 440 g/mol. The Kier molecular flexibility index (Phi) is 6.74. The van der Waals surface area contributed by atoms with Crippen LogP contribution in [0.5, 0.6) is 11.5 Å². The number of rotatable bonds is 7. The predicted molar refractivity (Wildman–Crippen MR) is 119 cm³/mol. The van der Waals surface area contributed by atoms with Crippen LogP contribution in [0.2, 0.25) is 4.34 Å². The summed E-state index contributed by atoms with van der Waals surface area (Å²) in [6, 6.07) is 5.74. The lowest BCUT2D eigenvalue weighted by Crippen LogP contribution is -2.45. The molecule has 2 aliphatic rings. The summed E-state index contributed by atoms with van der Waals surface area (Å²) in [6.45, 7) is 2.97. The maximum atomic E-state index is 11.1. The van der Waals surface area contributed by atoms with E-state index in [1.807, 2.05) is 18.2 Å². The Morgan fingerprint density at radius 3 is 2.81 bits per heavy atom. The molecule has 168 valence electrons. The number of hydrogen-bond acceptors (Lipinski definition) is 7. The van der Waals surface area contributed by atoms with E-state index in [9.17, 15) is 9.90 Å². The number of likely N-dealkylation sites (tertiary alicyclic amines) is 1. The number of halogens is 1. The average Bonchev–Trinajstić information content (AvgIpc) is 3.10. The lowest BCUT2D eigenvalue weighted by Gasteiger charge is -2.44. The van der Waals surface area contributed by atoms with Crippen LogP contribution in [0.1, 0.15) is 34.4 Å². The molecule has 7 nitrogen and oxygen atoms in total. The van der Waals surface area contributed by atoms with Crippen molar-refractivity contribution in [1.82, 2.24) is 4.90 Å². The third-order valence-electron chi connectivity index (χ3n) is 6.04. The van der Waals surface area contributed by atoms with Gasteiger partial charge in [-0.3, -0.25) is 9.69 Å². The molecule has 31 heavy (non-hydrogen) atoms. The fourth-order valence-corrected chi connectivity index (χ4v) is 6.15. The van der Waals surface area contributed by atoms with Gasteiger partial charge < -0.3 is 25.1 Å². The smallest absolute Gasteiger partial charge is 0.255 e. The highest BCUT2D eigenvalue weighted by Gasteiger charge is 2.43. The topological polar surface area (TPSA) is 94.2 Å². The molecule has 0 unspecified atom stereocenters. The number of ether oxygens (including phenoxy) is 3. The summed E-state index contributed by atoms with van der Waals surface area (Å²) in [5.74, 6) is 0.552. The monoisotopic (exact) mass is 466 g/mol. The minimum atomic E-state index is -0.529. The zero-order chi connectivity index (χ0) is 22.0. The third-order valence-corrected chi connectivity index (χ3v) is 7.75. The first-order chi connectivity index (χ1) is 15.0. The molecule has 1 saturated heterocycles. The van der Waals surface area contributed by atoms with Crippen LogP contribution in [0.15, 0.2) is 18.2 Å². The Balaban J connectivity index is 1.45. The van der Waals surface area contributed by atoms with Gasteiger partial charge in [0, 0.05) is 30.1 Å². The molecule has 1 aromatic carbocycles. The van der Waals surface area contributed by atoms with Crippen molar-refractivity contribution in [3.05, 3.63) is 44.1 Å². The van der Waals surface area contributed by atoms with Crippen LogP contribution in [0.4, 0.5) is 0 Å². The van der Waals surface area contributed by atoms with E-state index in [1.165, 1.54) is 10.4 Å². The van der Waals surface area contributed by atoms with Crippen molar-refractivity contribution in [2.24, 2.45) is 5.73 Å². The summed E-state index contributed by atoms with van der Waals surface area (Å²) in [5.41, 5.74) is 8.02. The van der Waals surface area contributed by atoms with Gasteiger partial charge in [-0.25, -0.2) is 0 Å². The van der Waals surface area contributed by atoms with Crippen LogP contribution < -0.4 is 15.2 Å². The van der Waals surface area contributed by atoms with E-state index in [0.717, 1.165) is 50.0 Å². The number of piperidine rings is 1. The summed E-state index contributed by atoms with van der Waals surface area (Å²) >= 11 is 7.96. The van der Waals surface area contributed by atoms with Gasteiger partial charge in [-0.2, -0.15) is 0 Å². The number of nitrogens with zero attached hydrogens (tertiary/aromatic N) is 1. The van der Waals surface area contributed by atoms with Crippen molar-refractivity contribution in [3.63, 3.8) is 0 Å². The fourth-order valence-electron chi connectivity index (χ4n) is 4.46. The number of fused-ring (bicyclic) bond motifs is 2. The molecule has 0 saturated carbocycles. The first kappa shape index (κ1) is 22.4. The maximum Gasteiger partial charge on any atom is 0.255 e. The van der Waals surface area contributed by atoms with E-state index < -0.39 is 5.91 Å². The molecule has 1 spiro atoms. The number of methoxy groups -OCH3 is 1. The number of carbonyl (C=O) groups is 1. The molecule has 1 amide bonds. The van der Waals surface area contributed by atoms with Gasteiger partial charge >= 0.3 is 0 Å². The zero-order valence-electron chi connectivity index (χ0n) is 17.5. The van der Waals surface area contributed by atoms with Gasteiger partial charge in [-0.15, -0.1) is 11.3 Å². The second-order valence-corrected chi connectivity index (χ2v) is 9.55. The highest BCUT2D eigenvalue weighted by molar-refractivity contribution is 7.16. The molecule has 0 radical (unpaired) electrons. The number of hydrogen-bond donors (Lipinski definition) is 2. The number of thiophene rings is 1. The van der Waals surface area contributed by atoms with Gasteiger partial charge in [0.25, 0.3) is 5.91 Å². The molecule has 1 fully saturated rings. The molecule has 0 aliphatic carbocycles. The highest BCUT2D eigenvalue weighted by atomic mass is 35.5. The Hall–Kier alpha value is -1.84. The van der Waals surface area contributed by atoms with Crippen molar-refractivity contribution < 1.29 is 24.1 Å². The van der Waals surface area contributed by atoms with Gasteiger partial charge in [-0.05, 0) is 42.5 Å². The van der Waals surface area contributed by atoms with Gasteiger partial charge in [0.15, 0.2) is 18.1 Å². The molecule has 9 heteroatoms. The standard InChI is InChI=1S/C22H27ClN2O5S/c1-28-17-3-2-14(10-18(17)29-13-19(24)27)11-25-7-5-22(6-8-25)20-15(4-9-30-22)16(12-26)21(23)31-20/h2-3,10,26H,4-9,11-13H2,1H3,(H2,24,27). The van der Waals surface area contributed by atoms with E-state index in [4.69, 9.17) is 31.5 Å². The van der Waals surface area contributed by atoms with E-state index >= 15 is 0 Å². The Bertz CT molecular complexity index is 956. The van der Waals surface area contributed by atoms with Gasteiger partial charge in [0.2, 0.25) is 0 Å². The first-order valence-electron chi connectivity index (χ1n) is 10.3. The number of carbonyl (C=O) groups excluding carboxylic acids is 1. The molecule has 0 atom stereocenters. The number of nitrogens with two attached hydrogens (primary N) is 1. The van der Waals surface area contributed by atoms with Crippen LogP contribution in [0.25, 0.3) is 0 Å². The average molecular weight is 467 g/mol. The number of benzene rings is 1. The SMILES string of the molecule is COc1ccc(CN2CCC3(CC2)OCCc2c3sc(Cl)c2CO)cc1OCC(N)=O. The lowest BCUT2D eigenvalue weighted by atomic mass is 9.84. The van der Waals surface area contributed by atoms with Crippen LogP contribution in [0, 0.1) is 0 Å². The minimum Gasteiger partial charge on any atom is -0.493 e. The van der Waals surface area contributed by atoms with Crippen LogP contribution in [0.3, 0.4) is 0 Å². The van der Waals surface area contributed by atoms with Crippen molar-refractivity contribution in [2.45, 2.75) is 38.0 Å². The summed E-state index contributed by atoms with van der Waals surface area (Å²) in [7, 11) is 1.56. The summed E-state index contributed by atoms with van der Waals surface area (Å²) < 4.78 is 17.8. The molecule has 3 N–H and O–H groups in total. The summed E-state index contributed by atoms with van der Waals surface area (Å²) in [4.78, 5) is 14.6. The number of aliphatic hydroxyl groups is 1. The lowest BCUT2D eigenvalue weighted by molar-refractivity contribution is -0.119. The Morgan fingerprint density at radius 2 is 2.13 bits per heavy atom. The van der Waals surface area contributed by atoms with E-state index in [2.05, 4.69) is 4.90 Å². The predicted octanol–water partition coefficient (Wildman–Crippen LogP) is 2.83. The molecule has 4 rings (SSSR count). The molecular formula is C22H27ClN2O5S. The number of aliphatic hydroxyl groups excluding tert-OH is 1. The molecule has 1 aromatic heterocycles.